The number of thiazole rings is 1. The molecule has 1 saturated heterocycles. The van der Waals surface area contributed by atoms with Crippen molar-refractivity contribution in [3.8, 4) is 0 Å². The van der Waals surface area contributed by atoms with Gasteiger partial charge in [0.25, 0.3) is 0 Å². The van der Waals surface area contributed by atoms with Crippen molar-refractivity contribution in [2.75, 3.05) is 12.3 Å². The molecule has 3 nitrogen and oxygen atoms in total. The van der Waals surface area contributed by atoms with Crippen LogP contribution < -0.4 is 5.73 Å². The molecule has 2 unspecified atom stereocenters. The van der Waals surface area contributed by atoms with Gasteiger partial charge in [0.15, 0.2) is 0 Å². The molecule has 2 atom stereocenters. The molecule has 1 fully saturated rings. The van der Waals surface area contributed by atoms with Gasteiger partial charge in [-0.15, -0.1) is 11.3 Å². The summed E-state index contributed by atoms with van der Waals surface area (Å²) in [7, 11) is 0. The van der Waals surface area contributed by atoms with Crippen LogP contribution in [-0.4, -0.2) is 11.6 Å². The fraction of sp³-hybridized carbons (Fsp3) is 0.417. The minimum absolute atomic E-state index is 0.179. The zero-order valence-electron chi connectivity index (χ0n) is 9.14. The Morgan fingerprint density at radius 1 is 1.50 bits per heavy atom. The third kappa shape index (κ3) is 1.58. The number of hydrogen-bond donors (Lipinski definition) is 1. The van der Waals surface area contributed by atoms with E-state index in [0.29, 0.717) is 5.92 Å². The normalized spacial score (nSPS) is 25.3. The van der Waals surface area contributed by atoms with E-state index in [1.165, 1.54) is 0 Å². The van der Waals surface area contributed by atoms with Crippen molar-refractivity contribution < 1.29 is 4.74 Å². The average Bonchev–Trinajstić information content (AvgIpc) is 2.82. The number of benzene rings is 1. The van der Waals surface area contributed by atoms with E-state index in [0.717, 1.165) is 33.9 Å². The van der Waals surface area contributed by atoms with Crippen LogP contribution in [0.25, 0.3) is 10.2 Å². The molecule has 0 saturated carbocycles. The van der Waals surface area contributed by atoms with Crippen LogP contribution in [0.5, 0.6) is 0 Å². The first kappa shape index (κ1) is 10.1. The van der Waals surface area contributed by atoms with Crippen molar-refractivity contribution in [3.63, 3.8) is 0 Å². The maximum absolute atomic E-state index is 5.76. The van der Waals surface area contributed by atoms with Crippen molar-refractivity contribution in [3.05, 3.63) is 23.2 Å². The smallest absolute Gasteiger partial charge is 0.123 e. The third-order valence-corrected chi connectivity index (χ3v) is 4.14. The van der Waals surface area contributed by atoms with E-state index in [1.807, 2.05) is 18.2 Å². The monoisotopic (exact) mass is 234 g/mol. The van der Waals surface area contributed by atoms with Crippen molar-refractivity contribution in [1.29, 1.82) is 0 Å². The third-order valence-electron chi connectivity index (χ3n) is 3.06. The van der Waals surface area contributed by atoms with E-state index in [-0.39, 0.29) is 6.10 Å². The Morgan fingerprint density at radius 3 is 3.12 bits per heavy atom. The maximum Gasteiger partial charge on any atom is 0.123 e. The lowest BCUT2D eigenvalue weighted by molar-refractivity contribution is 0.0944. The highest BCUT2D eigenvalue weighted by Gasteiger charge is 2.28. The predicted octanol–water partition coefficient (Wildman–Crippen LogP) is 2.98. The van der Waals surface area contributed by atoms with E-state index < -0.39 is 0 Å². The quantitative estimate of drug-likeness (QED) is 0.772. The van der Waals surface area contributed by atoms with Crippen LogP contribution in [0.3, 0.4) is 0 Å². The number of hydrogen-bond acceptors (Lipinski definition) is 4. The summed E-state index contributed by atoms with van der Waals surface area (Å²) in [6.45, 7) is 3.07. The minimum Gasteiger partial charge on any atom is -0.399 e. The molecule has 2 N–H and O–H groups in total. The summed E-state index contributed by atoms with van der Waals surface area (Å²) in [6, 6.07) is 5.85. The Labute approximate surface area is 98.2 Å². The highest BCUT2D eigenvalue weighted by atomic mass is 32.1. The molecule has 1 aliphatic heterocycles. The zero-order valence-corrected chi connectivity index (χ0v) is 9.96. The summed E-state index contributed by atoms with van der Waals surface area (Å²) in [4.78, 5) is 4.62. The molecule has 0 radical (unpaired) electrons. The van der Waals surface area contributed by atoms with Gasteiger partial charge < -0.3 is 10.5 Å². The molecule has 1 aliphatic rings. The summed E-state index contributed by atoms with van der Waals surface area (Å²) in [5, 5.41) is 1.09. The number of anilines is 1. The van der Waals surface area contributed by atoms with E-state index in [4.69, 9.17) is 10.5 Å². The van der Waals surface area contributed by atoms with Gasteiger partial charge in [-0.3, -0.25) is 0 Å². The second kappa shape index (κ2) is 3.71. The summed E-state index contributed by atoms with van der Waals surface area (Å²) in [6.07, 6.45) is 1.31. The maximum atomic E-state index is 5.76. The first-order valence-corrected chi connectivity index (χ1v) is 6.33. The number of ether oxygens (including phenoxy) is 1. The highest BCUT2D eigenvalue weighted by Crippen LogP contribution is 2.38. The van der Waals surface area contributed by atoms with Crippen LogP contribution in [0.15, 0.2) is 18.2 Å². The zero-order chi connectivity index (χ0) is 11.1. The molecule has 2 aromatic rings. The topological polar surface area (TPSA) is 48.1 Å². The number of rotatable bonds is 1. The fourth-order valence-corrected chi connectivity index (χ4v) is 3.29. The molecule has 84 valence electrons. The van der Waals surface area contributed by atoms with E-state index in [2.05, 4.69) is 11.9 Å². The van der Waals surface area contributed by atoms with Gasteiger partial charge >= 0.3 is 0 Å². The number of nitrogen functional groups attached to an aromatic ring is 1. The first-order valence-electron chi connectivity index (χ1n) is 5.51. The Kier molecular flexibility index (Phi) is 2.33. The molecule has 0 amide bonds. The van der Waals surface area contributed by atoms with Crippen LogP contribution >= 0.6 is 11.3 Å². The molecule has 4 heteroatoms. The lowest BCUT2D eigenvalue weighted by Gasteiger charge is -2.10. The summed E-state index contributed by atoms with van der Waals surface area (Å²) in [5.74, 6) is 0.568. The standard InChI is InChI=1S/C12H14N2OS/c1-7-4-5-15-11(7)12-14-9-3-2-8(13)6-10(9)16-12/h2-3,6-7,11H,4-5,13H2,1H3. The Balaban J connectivity index is 2.04. The molecule has 0 aliphatic carbocycles. The van der Waals surface area contributed by atoms with Crippen LogP contribution in [-0.2, 0) is 4.74 Å². The van der Waals surface area contributed by atoms with Crippen molar-refractivity contribution in [1.82, 2.24) is 4.98 Å². The Hall–Kier alpha value is -1.13. The van der Waals surface area contributed by atoms with E-state index in [9.17, 15) is 0 Å². The highest BCUT2D eigenvalue weighted by molar-refractivity contribution is 7.18. The summed E-state index contributed by atoms with van der Waals surface area (Å²) >= 11 is 1.70. The predicted molar refractivity (Wildman–Crippen MR) is 66.5 cm³/mol. The average molecular weight is 234 g/mol. The summed E-state index contributed by atoms with van der Waals surface area (Å²) < 4.78 is 6.88. The first-order chi connectivity index (χ1) is 7.74. The largest absolute Gasteiger partial charge is 0.399 e. The van der Waals surface area contributed by atoms with E-state index in [1.54, 1.807) is 11.3 Å². The van der Waals surface area contributed by atoms with Gasteiger partial charge in [-0.2, -0.15) is 0 Å². The van der Waals surface area contributed by atoms with Crippen molar-refractivity contribution >= 4 is 27.2 Å². The number of nitrogens with zero attached hydrogens (tertiary/aromatic N) is 1. The van der Waals surface area contributed by atoms with Gasteiger partial charge in [0, 0.05) is 12.3 Å². The number of fused-ring (bicyclic) bond motifs is 1. The molecular formula is C12H14N2OS. The van der Waals surface area contributed by atoms with Crippen LogP contribution in [0, 0.1) is 5.92 Å². The van der Waals surface area contributed by atoms with Gasteiger partial charge in [-0.25, -0.2) is 4.98 Å². The van der Waals surface area contributed by atoms with Crippen LogP contribution in [0.2, 0.25) is 0 Å². The molecule has 1 aromatic carbocycles. The lowest BCUT2D eigenvalue weighted by atomic mass is 10.1. The van der Waals surface area contributed by atoms with Crippen LogP contribution in [0.1, 0.15) is 24.5 Å². The van der Waals surface area contributed by atoms with Gasteiger partial charge in [0.2, 0.25) is 0 Å². The summed E-state index contributed by atoms with van der Waals surface area (Å²) in [5.41, 5.74) is 7.58. The van der Waals surface area contributed by atoms with Gasteiger partial charge in [0.05, 0.1) is 10.2 Å². The van der Waals surface area contributed by atoms with Gasteiger partial charge in [-0.1, -0.05) is 6.92 Å². The second-order valence-corrected chi connectivity index (χ2v) is 5.40. The lowest BCUT2D eigenvalue weighted by Crippen LogP contribution is -2.02. The molecule has 3 rings (SSSR count). The minimum atomic E-state index is 0.179. The molecular weight excluding hydrogens is 220 g/mol. The van der Waals surface area contributed by atoms with Gasteiger partial charge in [-0.05, 0) is 30.5 Å². The fourth-order valence-electron chi connectivity index (χ4n) is 2.09. The number of nitrogens with two attached hydrogens (primary N) is 1. The Morgan fingerprint density at radius 2 is 2.38 bits per heavy atom. The van der Waals surface area contributed by atoms with Gasteiger partial charge in [0.1, 0.15) is 11.1 Å². The van der Waals surface area contributed by atoms with Crippen LogP contribution in [0.4, 0.5) is 5.69 Å². The molecule has 0 spiro atoms. The molecule has 2 heterocycles. The second-order valence-electron chi connectivity index (χ2n) is 4.34. The SMILES string of the molecule is CC1CCOC1c1nc2ccc(N)cc2s1. The molecule has 1 aromatic heterocycles. The van der Waals surface area contributed by atoms with Crippen molar-refractivity contribution in [2.24, 2.45) is 5.92 Å². The number of aromatic nitrogens is 1. The molecule has 16 heavy (non-hydrogen) atoms. The Bertz CT molecular complexity index is 523. The van der Waals surface area contributed by atoms with Crippen molar-refractivity contribution in [2.45, 2.75) is 19.4 Å². The molecule has 0 bridgehead atoms. The van der Waals surface area contributed by atoms with E-state index >= 15 is 0 Å².